The molecule has 1 rings (SSSR count). The number of carboxylic acid groups (broad SMARTS) is 1. The lowest BCUT2D eigenvalue weighted by Gasteiger charge is -2.16. The minimum atomic E-state index is -1.03. The molecule has 0 aromatic carbocycles. The van der Waals surface area contributed by atoms with Gasteiger partial charge in [-0.05, 0) is 13.0 Å². The monoisotopic (exact) mass is 235 g/mol. The fourth-order valence-corrected chi connectivity index (χ4v) is 1.63. The minimum Gasteiger partial charge on any atom is -0.475 e. The molecule has 92 valence electrons. The second-order valence-corrected chi connectivity index (χ2v) is 3.80. The molecular formula is C13H17NO3. The predicted octanol–water partition coefficient (Wildman–Crippen LogP) is 2.46. The number of rotatable bonds is 7. The van der Waals surface area contributed by atoms with Crippen LogP contribution in [0.15, 0.2) is 35.8 Å². The van der Waals surface area contributed by atoms with Gasteiger partial charge < -0.3 is 9.52 Å². The summed E-state index contributed by atoms with van der Waals surface area (Å²) in [6.45, 7) is 11.0. The fraction of sp³-hybridized carbons (Fsp3) is 0.308. The van der Waals surface area contributed by atoms with Gasteiger partial charge in [0.25, 0.3) is 0 Å². The van der Waals surface area contributed by atoms with Gasteiger partial charge in [-0.3, -0.25) is 4.90 Å². The molecule has 0 radical (unpaired) electrons. The summed E-state index contributed by atoms with van der Waals surface area (Å²) in [5, 5.41) is 8.88. The lowest BCUT2D eigenvalue weighted by Crippen LogP contribution is -2.22. The van der Waals surface area contributed by atoms with Crippen LogP contribution in [0.4, 0.5) is 0 Å². The number of furan rings is 1. The highest BCUT2D eigenvalue weighted by Gasteiger charge is 2.15. The Morgan fingerprint density at radius 3 is 2.47 bits per heavy atom. The largest absolute Gasteiger partial charge is 0.475 e. The van der Waals surface area contributed by atoms with E-state index in [0.29, 0.717) is 31.0 Å². The van der Waals surface area contributed by atoms with Crippen LogP contribution in [0, 0.1) is 6.92 Å². The first-order chi connectivity index (χ1) is 8.08. The van der Waals surface area contributed by atoms with Crippen molar-refractivity contribution in [3.63, 3.8) is 0 Å². The van der Waals surface area contributed by atoms with Gasteiger partial charge in [0.05, 0.1) is 6.54 Å². The van der Waals surface area contributed by atoms with E-state index in [1.165, 1.54) is 0 Å². The fourth-order valence-electron chi connectivity index (χ4n) is 1.63. The molecule has 1 aromatic heterocycles. The van der Waals surface area contributed by atoms with Crippen molar-refractivity contribution in [2.24, 2.45) is 0 Å². The molecule has 0 unspecified atom stereocenters. The summed E-state index contributed by atoms with van der Waals surface area (Å²) in [5.41, 5.74) is 0.643. The van der Waals surface area contributed by atoms with E-state index in [4.69, 9.17) is 9.52 Å². The van der Waals surface area contributed by atoms with Crippen molar-refractivity contribution in [1.29, 1.82) is 0 Å². The van der Waals surface area contributed by atoms with Crippen molar-refractivity contribution in [2.45, 2.75) is 13.5 Å². The quantitative estimate of drug-likeness (QED) is 0.737. The summed E-state index contributed by atoms with van der Waals surface area (Å²) in [6.07, 6.45) is 3.58. The molecular weight excluding hydrogens is 218 g/mol. The van der Waals surface area contributed by atoms with Gasteiger partial charge in [0.1, 0.15) is 5.76 Å². The Balaban J connectivity index is 2.78. The molecule has 0 aliphatic carbocycles. The van der Waals surface area contributed by atoms with Crippen LogP contribution in [-0.4, -0.2) is 29.1 Å². The molecule has 1 aromatic rings. The molecule has 0 spiro atoms. The van der Waals surface area contributed by atoms with E-state index in [0.717, 1.165) is 0 Å². The highest BCUT2D eigenvalue weighted by Crippen LogP contribution is 2.16. The van der Waals surface area contributed by atoms with Gasteiger partial charge >= 0.3 is 5.97 Å². The zero-order valence-corrected chi connectivity index (χ0v) is 9.98. The third kappa shape index (κ3) is 3.60. The predicted molar refractivity (Wildman–Crippen MR) is 66.1 cm³/mol. The summed E-state index contributed by atoms with van der Waals surface area (Å²) in [5.74, 6) is -0.381. The van der Waals surface area contributed by atoms with Crippen LogP contribution >= 0.6 is 0 Å². The van der Waals surface area contributed by atoms with E-state index < -0.39 is 5.97 Å². The molecule has 0 aliphatic rings. The molecule has 0 saturated heterocycles. The minimum absolute atomic E-state index is 0.0113. The lowest BCUT2D eigenvalue weighted by atomic mass is 10.2. The van der Waals surface area contributed by atoms with E-state index in [2.05, 4.69) is 13.2 Å². The molecule has 17 heavy (non-hydrogen) atoms. The van der Waals surface area contributed by atoms with Gasteiger partial charge in [-0.25, -0.2) is 4.79 Å². The zero-order chi connectivity index (χ0) is 12.8. The van der Waals surface area contributed by atoms with Crippen LogP contribution in [0.2, 0.25) is 0 Å². The summed E-state index contributed by atoms with van der Waals surface area (Å²) >= 11 is 0. The number of carbonyl (C=O) groups is 1. The van der Waals surface area contributed by atoms with E-state index in [1.54, 1.807) is 25.1 Å². The van der Waals surface area contributed by atoms with Crippen LogP contribution in [0.5, 0.6) is 0 Å². The van der Waals surface area contributed by atoms with Gasteiger partial charge in [-0.1, -0.05) is 12.2 Å². The summed E-state index contributed by atoms with van der Waals surface area (Å²) < 4.78 is 5.29. The average molecular weight is 235 g/mol. The van der Waals surface area contributed by atoms with Crippen LogP contribution in [-0.2, 0) is 6.54 Å². The zero-order valence-electron chi connectivity index (χ0n) is 9.98. The average Bonchev–Trinajstić information content (AvgIpc) is 2.60. The Morgan fingerprint density at radius 2 is 2.06 bits per heavy atom. The Hall–Kier alpha value is -1.81. The normalized spacial score (nSPS) is 10.5. The molecule has 0 bridgehead atoms. The molecule has 0 aliphatic heterocycles. The molecule has 1 heterocycles. The molecule has 0 fully saturated rings. The van der Waals surface area contributed by atoms with Crippen LogP contribution in [0.3, 0.4) is 0 Å². The number of nitrogens with zero attached hydrogens (tertiary/aromatic N) is 1. The Labute approximate surface area is 101 Å². The van der Waals surface area contributed by atoms with Crippen LogP contribution < -0.4 is 0 Å². The maximum atomic E-state index is 10.8. The molecule has 0 saturated carbocycles. The molecule has 4 nitrogen and oxygen atoms in total. The van der Waals surface area contributed by atoms with Crippen molar-refractivity contribution < 1.29 is 14.3 Å². The molecule has 0 amide bonds. The molecule has 0 atom stereocenters. The second-order valence-electron chi connectivity index (χ2n) is 3.80. The Morgan fingerprint density at radius 1 is 1.47 bits per heavy atom. The van der Waals surface area contributed by atoms with Gasteiger partial charge in [0.2, 0.25) is 5.76 Å². The summed E-state index contributed by atoms with van der Waals surface area (Å²) in [4.78, 5) is 12.9. The summed E-state index contributed by atoms with van der Waals surface area (Å²) in [6, 6.07) is 1.75. The van der Waals surface area contributed by atoms with Crippen LogP contribution in [0.25, 0.3) is 0 Å². The standard InChI is InChI=1S/C13H17NO3/c1-4-6-14(7-5-2)9-11-8-10(3)12(17-11)13(15)16/h4-5,8H,1-2,6-7,9H2,3H3,(H,15,16). The Kier molecular flexibility index (Phi) is 4.72. The highest BCUT2D eigenvalue weighted by molar-refractivity contribution is 5.86. The first kappa shape index (κ1) is 13.3. The van der Waals surface area contributed by atoms with E-state index in [1.807, 2.05) is 4.90 Å². The van der Waals surface area contributed by atoms with Crippen LogP contribution in [0.1, 0.15) is 21.9 Å². The van der Waals surface area contributed by atoms with Crippen molar-refractivity contribution in [3.05, 3.63) is 48.5 Å². The smallest absolute Gasteiger partial charge is 0.372 e. The van der Waals surface area contributed by atoms with Gasteiger partial charge in [0.15, 0.2) is 0 Å². The number of hydrogen-bond donors (Lipinski definition) is 1. The molecule has 4 heteroatoms. The SMILES string of the molecule is C=CCN(CC=C)Cc1cc(C)c(C(=O)O)o1. The molecule has 1 N–H and O–H groups in total. The van der Waals surface area contributed by atoms with E-state index >= 15 is 0 Å². The maximum Gasteiger partial charge on any atom is 0.372 e. The topological polar surface area (TPSA) is 53.7 Å². The first-order valence-corrected chi connectivity index (χ1v) is 5.35. The second kappa shape index (κ2) is 6.06. The van der Waals surface area contributed by atoms with Crippen molar-refractivity contribution in [1.82, 2.24) is 4.90 Å². The number of carboxylic acids is 1. The summed E-state index contributed by atoms with van der Waals surface area (Å²) in [7, 11) is 0. The third-order valence-corrected chi connectivity index (χ3v) is 2.32. The number of aryl methyl sites for hydroxylation is 1. The highest BCUT2D eigenvalue weighted by atomic mass is 16.4. The van der Waals surface area contributed by atoms with E-state index in [9.17, 15) is 4.79 Å². The number of aromatic carboxylic acids is 1. The Bertz CT molecular complexity index is 410. The first-order valence-electron chi connectivity index (χ1n) is 5.35. The maximum absolute atomic E-state index is 10.8. The van der Waals surface area contributed by atoms with Gasteiger partial charge in [-0.15, -0.1) is 13.2 Å². The third-order valence-electron chi connectivity index (χ3n) is 2.32. The van der Waals surface area contributed by atoms with Crippen molar-refractivity contribution in [3.8, 4) is 0 Å². The van der Waals surface area contributed by atoms with E-state index in [-0.39, 0.29) is 5.76 Å². The van der Waals surface area contributed by atoms with Gasteiger partial charge in [0, 0.05) is 18.7 Å². The van der Waals surface area contributed by atoms with Crippen molar-refractivity contribution >= 4 is 5.97 Å². The number of hydrogen-bond acceptors (Lipinski definition) is 3. The lowest BCUT2D eigenvalue weighted by molar-refractivity contribution is 0.0657. The van der Waals surface area contributed by atoms with Crippen molar-refractivity contribution in [2.75, 3.05) is 13.1 Å². The van der Waals surface area contributed by atoms with Gasteiger partial charge in [-0.2, -0.15) is 0 Å².